The van der Waals surface area contributed by atoms with Gasteiger partial charge in [-0.3, -0.25) is 0 Å². The average Bonchev–Trinajstić information content (AvgIpc) is 2.56. The molecule has 1 aliphatic heterocycles. The first kappa shape index (κ1) is 13.6. The summed E-state index contributed by atoms with van der Waals surface area (Å²) in [7, 11) is 0. The number of piperazine rings is 1. The molecule has 2 N–H and O–H groups in total. The number of nitrogens with one attached hydrogen (secondary N) is 1. The molecular weight excluding hydrogens is 266 g/mol. The first-order valence-electron chi connectivity index (χ1n) is 6.99. The quantitative estimate of drug-likeness (QED) is 0.900. The molecule has 0 spiro atoms. The number of anilines is 1. The van der Waals surface area contributed by atoms with Crippen molar-refractivity contribution in [1.29, 1.82) is 0 Å². The molecule has 0 radical (unpaired) electrons. The van der Waals surface area contributed by atoms with Gasteiger partial charge in [0.1, 0.15) is 5.82 Å². The van der Waals surface area contributed by atoms with E-state index < -0.39 is 5.97 Å². The fourth-order valence-electron chi connectivity index (χ4n) is 2.47. The van der Waals surface area contributed by atoms with Crippen molar-refractivity contribution in [2.45, 2.75) is 0 Å². The van der Waals surface area contributed by atoms with Gasteiger partial charge in [-0.25, -0.2) is 9.78 Å². The Morgan fingerprint density at radius 1 is 1.14 bits per heavy atom. The second kappa shape index (κ2) is 5.93. The van der Waals surface area contributed by atoms with Crippen molar-refractivity contribution in [3.8, 4) is 11.1 Å². The molecule has 0 aliphatic carbocycles. The van der Waals surface area contributed by atoms with Gasteiger partial charge in [-0.05, 0) is 29.8 Å². The SMILES string of the molecule is O=C(O)c1cccc(-c2ccc(N3CCNCC3)nc2)c1. The lowest BCUT2D eigenvalue weighted by molar-refractivity contribution is 0.0697. The van der Waals surface area contributed by atoms with Crippen molar-refractivity contribution < 1.29 is 9.90 Å². The maximum absolute atomic E-state index is 11.0. The zero-order valence-electron chi connectivity index (χ0n) is 11.6. The number of rotatable bonds is 3. The molecule has 2 heterocycles. The molecule has 1 aromatic carbocycles. The summed E-state index contributed by atoms with van der Waals surface area (Å²) in [6.45, 7) is 3.87. The lowest BCUT2D eigenvalue weighted by Crippen LogP contribution is -2.43. The van der Waals surface area contributed by atoms with Crippen LogP contribution in [0.25, 0.3) is 11.1 Å². The molecule has 1 fully saturated rings. The van der Waals surface area contributed by atoms with E-state index in [9.17, 15) is 4.79 Å². The van der Waals surface area contributed by atoms with E-state index >= 15 is 0 Å². The van der Waals surface area contributed by atoms with Gasteiger partial charge in [0.15, 0.2) is 0 Å². The maximum atomic E-state index is 11.0. The van der Waals surface area contributed by atoms with Gasteiger partial charge < -0.3 is 15.3 Å². The predicted molar refractivity (Wildman–Crippen MR) is 81.7 cm³/mol. The molecule has 3 rings (SSSR count). The molecule has 0 saturated carbocycles. The fourth-order valence-corrected chi connectivity index (χ4v) is 2.47. The standard InChI is InChI=1S/C16H17N3O2/c20-16(21)13-3-1-2-12(10-13)14-4-5-15(18-11-14)19-8-6-17-7-9-19/h1-5,10-11,17H,6-9H2,(H,20,21). The van der Waals surface area contributed by atoms with Crippen LogP contribution in [0.2, 0.25) is 0 Å². The van der Waals surface area contributed by atoms with E-state index in [-0.39, 0.29) is 0 Å². The van der Waals surface area contributed by atoms with Crippen LogP contribution in [0.15, 0.2) is 42.6 Å². The monoisotopic (exact) mass is 283 g/mol. The highest BCUT2D eigenvalue weighted by Crippen LogP contribution is 2.22. The van der Waals surface area contributed by atoms with Gasteiger partial charge in [-0.15, -0.1) is 0 Å². The molecule has 1 aromatic heterocycles. The Labute approximate surface area is 123 Å². The molecule has 1 aliphatic rings. The molecular formula is C16H17N3O2. The van der Waals surface area contributed by atoms with E-state index in [1.807, 2.05) is 18.2 Å². The first-order valence-corrected chi connectivity index (χ1v) is 6.99. The third kappa shape index (κ3) is 3.03. The van der Waals surface area contributed by atoms with Crippen molar-refractivity contribution >= 4 is 11.8 Å². The third-order valence-corrected chi connectivity index (χ3v) is 3.63. The number of hydrogen-bond donors (Lipinski definition) is 2. The first-order chi connectivity index (χ1) is 10.2. The summed E-state index contributed by atoms with van der Waals surface area (Å²) < 4.78 is 0. The van der Waals surface area contributed by atoms with E-state index in [1.54, 1.807) is 24.4 Å². The molecule has 5 heteroatoms. The van der Waals surface area contributed by atoms with Gasteiger partial charge in [-0.2, -0.15) is 0 Å². The van der Waals surface area contributed by atoms with Crippen molar-refractivity contribution in [3.63, 3.8) is 0 Å². The van der Waals surface area contributed by atoms with Crippen molar-refractivity contribution in [2.75, 3.05) is 31.1 Å². The van der Waals surface area contributed by atoms with Crippen LogP contribution in [-0.2, 0) is 0 Å². The number of pyridine rings is 1. The highest BCUT2D eigenvalue weighted by atomic mass is 16.4. The number of hydrogen-bond acceptors (Lipinski definition) is 4. The van der Waals surface area contributed by atoms with Crippen LogP contribution in [0.3, 0.4) is 0 Å². The summed E-state index contributed by atoms with van der Waals surface area (Å²) in [5, 5.41) is 12.4. The summed E-state index contributed by atoms with van der Waals surface area (Å²) in [6, 6.07) is 10.9. The summed E-state index contributed by atoms with van der Waals surface area (Å²) in [6.07, 6.45) is 1.80. The zero-order valence-corrected chi connectivity index (χ0v) is 11.6. The van der Waals surface area contributed by atoms with E-state index in [1.165, 1.54) is 0 Å². The summed E-state index contributed by atoms with van der Waals surface area (Å²) in [5.74, 6) is 0.0527. The van der Waals surface area contributed by atoms with Crippen LogP contribution >= 0.6 is 0 Å². The number of carboxylic acids is 1. The van der Waals surface area contributed by atoms with Crippen LogP contribution in [-0.4, -0.2) is 42.2 Å². The molecule has 0 amide bonds. The zero-order chi connectivity index (χ0) is 14.7. The largest absolute Gasteiger partial charge is 0.478 e. The van der Waals surface area contributed by atoms with Crippen LogP contribution in [0.4, 0.5) is 5.82 Å². The number of aromatic nitrogens is 1. The van der Waals surface area contributed by atoms with Crippen molar-refractivity contribution in [2.24, 2.45) is 0 Å². The van der Waals surface area contributed by atoms with E-state index in [0.29, 0.717) is 5.56 Å². The third-order valence-electron chi connectivity index (χ3n) is 3.63. The molecule has 0 bridgehead atoms. The lowest BCUT2D eigenvalue weighted by atomic mass is 10.0. The minimum Gasteiger partial charge on any atom is -0.478 e. The van der Waals surface area contributed by atoms with Gasteiger partial charge in [0.25, 0.3) is 0 Å². The average molecular weight is 283 g/mol. The molecule has 1 saturated heterocycles. The Balaban J connectivity index is 1.83. The van der Waals surface area contributed by atoms with Gasteiger partial charge in [0, 0.05) is 37.9 Å². The van der Waals surface area contributed by atoms with Crippen molar-refractivity contribution in [1.82, 2.24) is 10.3 Å². The lowest BCUT2D eigenvalue weighted by Gasteiger charge is -2.28. The number of carbonyl (C=O) groups is 1. The Bertz CT molecular complexity index is 634. The van der Waals surface area contributed by atoms with Crippen LogP contribution in [0, 0.1) is 0 Å². The number of nitrogens with zero attached hydrogens (tertiary/aromatic N) is 2. The predicted octanol–water partition coefficient (Wildman–Crippen LogP) is 1.86. The molecule has 0 atom stereocenters. The second-order valence-electron chi connectivity index (χ2n) is 5.03. The van der Waals surface area contributed by atoms with E-state index in [4.69, 9.17) is 5.11 Å². The molecule has 2 aromatic rings. The summed E-state index contributed by atoms with van der Waals surface area (Å²) >= 11 is 0. The molecule has 21 heavy (non-hydrogen) atoms. The number of carboxylic acid groups (broad SMARTS) is 1. The highest BCUT2D eigenvalue weighted by Gasteiger charge is 2.11. The van der Waals surface area contributed by atoms with Crippen LogP contribution in [0.5, 0.6) is 0 Å². The Morgan fingerprint density at radius 2 is 1.95 bits per heavy atom. The number of benzene rings is 1. The minimum atomic E-state index is -0.915. The molecule has 0 unspecified atom stereocenters. The summed E-state index contributed by atoms with van der Waals surface area (Å²) in [5.41, 5.74) is 2.09. The normalized spacial score (nSPS) is 15.0. The smallest absolute Gasteiger partial charge is 0.335 e. The van der Waals surface area contributed by atoms with Crippen LogP contribution < -0.4 is 10.2 Å². The number of aromatic carboxylic acids is 1. The molecule has 108 valence electrons. The fraction of sp³-hybridized carbons (Fsp3) is 0.250. The minimum absolute atomic E-state index is 0.290. The topological polar surface area (TPSA) is 65.5 Å². The maximum Gasteiger partial charge on any atom is 0.335 e. The van der Waals surface area contributed by atoms with Gasteiger partial charge in [-0.1, -0.05) is 12.1 Å². The Hall–Kier alpha value is -2.40. The summed E-state index contributed by atoms with van der Waals surface area (Å²) in [4.78, 5) is 17.8. The van der Waals surface area contributed by atoms with E-state index in [2.05, 4.69) is 15.2 Å². The van der Waals surface area contributed by atoms with Gasteiger partial charge in [0.05, 0.1) is 5.56 Å². The van der Waals surface area contributed by atoms with Gasteiger partial charge >= 0.3 is 5.97 Å². The molecule has 5 nitrogen and oxygen atoms in total. The highest BCUT2D eigenvalue weighted by molar-refractivity contribution is 5.89. The second-order valence-corrected chi connectivity index (χ2v) is 5.03. The van der Waals surface area contributed by atoms with Gasteiger partial charge in [0.2, 0.25) is 0 Å². The van der Waals surface area contributed by atoms with Crippen LogP contribution in [0.1, 0.15) is 10.4 Å². The van der Waals surface area contributed by atoms with E-state index in [0.717, 1.165) is 43.1 Å². The Kier molecular flexibility index (Phi) is 3.83. The van der Waals surface area contributed by atoms with Crippen molar-refractivity contribution in [3.05, 3.63) is 48.2 Å². The Morgan fingerprint density at radius 3 is 2.62 bits per heavy atom.